The number of hydrogen-bond donors (Lipinski definition) is 1. The highest BCUT2D eigenvalue weighted by Crippen LogP contribution is 2.35. The van der Waals surface area contributed by atoms with Crippen LogP contribution in [0.5, 0.6) is 0 Å². The van der Waals surface area contributed by atoms with E-state index in [2.05, 4.69) is 40.5 Å². The second kappa shape index (κ2) is 6.64. The lowest BCUT2D eigenvalue weighted by molar-refractivity contribution is -0.130. The van der Waals surface area contributed by atoms with E-state index in [4.69, 9.17) is 0 Å². The molecule has 126 valence electrons. The second-order valence-electron chi connectivity index (χ2n) is 8.29. The van der Waals surface area contributed by atoms with Gasteiger partial charge in [0.2, 0.25) is 5.91 Å². The molecule has 2 aliphatic rings. The molecule has 1 N–H and O–H groups in total. The third kappa shape index (κ3) is 3.95. The number of amides is 1. The Bertz CT molecular complexity index is 520. The van der Waals surface area contributed by atoms with E-state index in [0.717, 1.165) is 19.4 Å². The monoisotopic (exact) mass is 314 g/mol. The van der Waals surface area contributed by atoms with Crippen molar-refractivity contribution in [3.05, 3.63) is 35.9 Å². The summed E-state index contributed by atoms with van der Waals surface area (Å²) in [5.74, 6) is 0.192. The lowest BCUT2D eigenvalue weighted by Crippen LogP contribution is -2.57. The molecule has 3 heteroatoms. The molecule has 1 amide bonds. The maximum atomic E-state index is 12.3. The highest BCUT2D eigenvalue weighted by molar-refractivity contribution is 5.81. The van der Waals surface area contributed by atoms with Gasteiger partial charge in [-0.2, -0.15) is 0 Å². The van der Waals surface area contributed by atoms with Crippen molar-refractivity contribution in [1.29, 1.82) is 0 Å². The summed E-state index contributed by atoms with van der Waals surface area (Å²) in [5, 5.41) is 3.31. The Balaban J connectivity index is 1.65. The number of carbonyl (C=O) groups is 1. The van der Waals surface area contributed by atoms with Crippen LogP contribution in [0, 0.1) is 5.41 Å². The van der Waals surface area contributed by atoms with E-state index in [9.17, 15) is 4.79 Å². The minimum Gasteiger partial charge on any atom is -0.353 e. The topological polar surface area (TPSA) is 32.3 Å². The molecule has 2 bridgehead atoms. The third-order valence-corrected chi connectivity index (χ3v) is 5.35. The summed E-state index contributed by atoms with van der Waals surface area (Å²) >= 11 is 0. The zero-order valence-electron chi connectivity index (χ0n) is 14.7. The highest BCUT2D eigenvalue weighted by Gasteiger charge is 2.39. The van der Waals surface area contributed by atoms with Gasteiger partial charge in [-0.25, -0.2) is 0 Å². The van der Waals surface area contributed by atoms with Crippen LogP contribution in [0.3, 0.4) is 0 Å². The summed E-state index contributed by atoms with van der Waals surface area (Å²) in [7, 11) is 0. The summed E-state index contributed by atoms with van der Waals surface area (Å²) in [6, 6.07) is 12.4. The van der Waals surface area contributed by atoms with Crippen molar-refractivity contribution in [2.24, 2.45) is 5.41 Å². The van der Waals surface area contributed by atoms with Crippen LogP contribution >= 0.6 is 0 Å². The Hall–Kier alpha value is -1.35. The van der Waals surface area contributed by atoms with Crippen molar-refractivity contribution in [2.75, 3.05) is 0 Å². The predicted octanol–water partition coefficient (Wildman–Crippen LogP) is 3.73. The first kappa shape index (κ1) is 16.5. The van der Waals surface area contributed by atoms with Crippen molar-refractivity contribution in [2.45, 2.75) is 77.5 Å². The quantitative estimate of drug-likeness (QED) is 0.922. The summed E-state index contributed by atoms with van der Waals surface area (Å²) in [5.41, 5.74) is 1.11. The van der Waals surface area contributed by atoms with E-state index in [1.807, 2.05) is 20.8 Å². The largest absolute Gasteiger partial charge is 0.353 e. The maximum absolute atomic E-state index is 12.3. The highest BCUT2D eigenvalue weighted by atomic mass is 16.2. The molecule has 2 fully saturated rings. The summed E-state index contributed by atoms with van der Waals surface area (Å²) in [6.07, 6.45) is 6.08. The molecule has 2 aliphatic heterocycles. The second-order valence-corrected chi connectivity index (χ2v) is 8.29. The van der Waals surface area contributed by atoms with Crippen LogP contribution in [0.1, 0.15) is 58.4 Å². The maximum Gasteiger partial charge on any atom is 0.225 e. The number of nitrogens with one attached hydrogen (secondary N) is 1. The molecule has 1 unspecified atom stereocenters. The standard InChI is InChI=1S/C20H30N2O/c1-20(2,3)19(23)21-16-12-17-10-7-11-18(13-16)22(17)14-15-8-5-4-6-9-15/h4-6,8-9,16-18H,7,10-14H2,1-3H3,(H,21,23)/t16?,17-,18+. The van der Waals surface area contributed by atoms with E-state index in [1.165, 1.54) is 24.8 Å². The van der Waals surface area contributed by atoms with Crippen LogP contribution < -0.4 is 5.32 Å². The first-order valence-electron chi connectivity index (χ1n) is 9.04. The molecule has 0 aliphatic carbocycles. The van der Waals surface area contributed by atoms with Crippen molar-refractivity contribution in [3.8, 4) is 0 Å². The van der Waals surface area contributed by atoms with Crippen LogP contribution in [0.4, 0.5) is 0 Å². The van der Waals surface area contributed by atoms with Crippen molar-refractivity contribution in [3.63, 3.8) is 0 Å². The Labute approximate surface area is 140 Å². The molecule has 0 spiro atoms. The molecule has 0 radical (unpaired) electrons. The molecule has 2 saturated heterocycles. The average Bonchev–Trinajstić information content (AvgIpc) is 2.48. The van der Waals surface area contributed by atoms with Crippen LogP contribution in [-0.4, -0.2) is 28.9 Å². The van der Waals surface area contributed by atoms with Gasteiger partial charge in [0.25, 0.3) is 0 Å². The molecule has 3 rings (SSSR count). The number of hydrogen-bond acceptors (Lipinski definition) is 2. The average molecular weight is 314 g/mol. The van der Waals surface area contributed by atoms with Gasteiger partial charge >= 0.3 is 0 Å². The van der Waals surface area contributed by atoms with E-state index < -0.39 is 0 Å². The van der Waals surface area contributed by atoms with Crippen LogP contribution in [0.2, 0.25) is 0 Å². The van der Waals surface area contributed by atoms with E-state index >= 15 is 0 Å². The fourth-order valence-electron chi connectivity index (χ4n) is 4.05. The summed E-state index contributed by atoms with van der Waals surface area (Å²) in [4.78, 5) is 15.0. The van der Waals surface area contributed by atoms with Gasteiger partial charge in [-0.1, -0.05) is 57.5 Å². The number of benzene rings is 1. The molecule has 1 aromatic carbocycles. The van der Waals surface area contributed by atoms with Crippen molar-refractivity contribution in [1.82, 2.24) is 10.2 Å². The van der Waals surface area contributed by atoms with Crippen molar-refractivity contribution < 1.29 is 4.79 Å². The Morgan fingerprint density at radius 2 is 1.74 bits per heavy atom. The van der Waals surface area contributed by atoms with Gasteiger partial charge in [-0.3, -0.25) is 9.69 Å². The minimum absolute atomic E-state index is 0.192. The third-order valence-electron chi connectivity index (χ3n) is 5.35. The molecule has 0 saturated carbocycles. The van der Waals surface area contributed by atoms with E-state index in [1.54, 1.807) is 0 Å². The fraction of sp³-hybridized carbons (Fsp3) is 0.650. The molecule has 3 nitrogen and oxygen atoms in total. The molecule has 0 aromatic heterocycles. The lowest BCUT2D eigenvalue weighted by Gasteiger charge is -2.49. The number of carbonyl (C=O) groups excluding carboxylic acids is 1. The Morgan fingerprint density at radius 3 is 2.30 bits per heavy atom. The number of piperidine rings is 2. The number of nitrogens with zero attached hydrogens (tertiary/aromatic N) is 1. The van der Waals surface area contributed by atoms with E-state index in [-0.39, 0.29) is 11.3 Å². The Kier molecular flexibility index (Phi) is 4.77. The zero-order chi connectivity index (χ0) is 16.4. The lowest BCUT2D eigenvalue weighted by atomic mass is 9.81. The van der Waals surface area contributed by atoms with Crippen LogP contribution in [-0.2, 0) is 11.3 Å². The number of rotatable bonds is 3. The fourth-order valence-corrected chi connectivity index (χ4v) is 4.05. The molecule has 3 atom stereocenters. The van der Waals surface area contributed by atoms with Gasteiger partial charge < -0.3 is 5.32 Å². The summed E-state index contributed by atoms with van der Waals surface area (Å²) < 4.78 is 0. The van der Waals surface area contributed by atoms with Gasteiger partial charge in [0.05, 0.1) is 0 Å². The zero-order valence-corrected chi connectivity index (χ0v) is 14.7. The van der Waals surface area contributed by atoms with Crippen LogP contribution in [0.25, 0.3) is 0 Å². The molecule has 1 aromatic rings. The van der Waals surface area contributed by atoms with Crippen LogP contribution in [0.15, 0.2) is 30.3 Å². The van der Waals surface area contributed by atoms with Gasteiger partial charge in [0.15, 0.2) is 0 Å². The van der Waals surface area contributed by atoms with Gasteiger partial charge in [0, 0.05) is 30.1 Å². The Morgan fingerprint density at radius 1 is 1.13 bits per heavy atom. The SMILES string of the molecule is CC(C)(C)C(=O)NC1C[C@H]2CCC[C@@H](C1)N2Cc1ccccc1. The first-order valence-corrected chi connectivity index (χ1v) is 9.04. The van der Waals surface area contributed by atoms with Crippen molar-refractivity contribution >= 4 is 5.91 Å². The smallest absolute Gasteiger partial charge is 0.225 e. The molecular formula is C20H30N2O. The normalized spacial score (nSPS) is 28.4. The predicted molar refractivity (Wildman–Crippen MR) is 94.0 cm³/mol. The first-order chi connectivity index (χ1) is 10.9. The number of fused-ring (bicyclic) bond motifs is 2. The summed E-state index contributed by atoms with van der Waals surface area (Å²) in [6.45, 7) is 7.03. The molecule has 23 heavy (non-hydrogen) atoms. The minimum atomic E-state index is -0.295. The van der Waals surface area contributed by atoms with Gasteiger partial charge in [-0.15, -0.1) is 0 Å². The van der Waals surface area contributed by atoms with Gasteiger partial charge in [0.1, 0.15) is 0 Å². The van der Waals surface area contributed by atoms with Gasteiger partial charge in [-0.05, 0) is 31.2 Å². The molecular weight excluding hydrogens is 284 g/mol. The molecule has 2 heterocycles. The van der Waals surface area contributed by atoms with E-state index in [0.29, 0.717) is 18.1 Å².